The first-order chi connectivity index (χ1) is 12.6. The Morgan fingerprint density at radius 1 is 1.00 bits per heavy atom. The van der Waals surface area contributed by atoms with Gasteiger partial charge in [-0.3, -0.25) is 9.59 Å². The Kier molecular flexibility index (Phi) is 4.81. The maximum absolute atomic E-state index is 13.2. The number of anilines is 1. The van der Waals surface area contributed by atoms with Crippen LogP contribution in [-0.4, -0.2) is 29.8 Å². The quantitative estimate of drug-likeness (QED) is 0.709. The maximum atomic E-state index is 13.2. The molecule has 5 heteroatoms. The summed E-state index contributed by atoms with van der Waals surface area (Å²) in [5.74, 6) is -0.649. The molecular weight excluding hydrogens is 392 g/mol. The van der Waals surface area contributed by atoms with Crippen LogP contribution in [0.15, 0.2) is 59.1 Å². The van der Waals surface area contributed by atoms with Crippen LogP contribution < -0.4 is 4.90 Å². The minimum absolute atomic E-state index is 0.0150. The highest BCUT2D eigenvalue weighted by molar-refractivity contribution is 9.10. The predicted octanol–water partition coefficient (Wildman–Crippen LogP) is 4.17. The Labute approximate surface area is 161 Å². The fraction of sp³-hybridized carbons (Fsp3) is 0.333. The van der Waals surface area contributed by atoms with Crippen molar-refractivity contribution in [3.8, 4) is 0 Å². The van der Waals surface area contributed by atoms with E-state index in [1.165, 1.54) is 0 Å². The van der Waals surface area contributed by atoms with Gasteiger partial charge in [-0.2, -0.15) is 0 Å². The van der Waals surface area contributed by atoms with Crippen molar-refractivity contribution in [1.29, 1.82) is 0 Å². The Morgan fingerprint density at radius 2 is 1.81 bits per heavy atom. The average Bonchev–Trinajstić information content (AvgIpc) is 3.29. The summed E-state index contributed by atoms with van der Waals surface area (Å²) in [6, 6.07) is 17.9. The molecule has 0 unspecified atom stereocenters. The molecule has 2 amide bonds. The lowest BCUT2D eigenvalue weighted by Gasteiger charge is -2.27. The molecular formula is C21H21BrN2O2. The monoisotopic (exact) mass is 412 g/mol. The van der Waals surface area contributed by atoms with E-state index in [-0.39, 0.29) is 17.9 Å². The Bertz CT molecular complexity index is 824. The van der Waals surface area contributed by atoms with Crippen LogP contribution in [0.25, 0.3) is 0 Å². The molecule has 2 saturated heterocycles. The first-order valence-corrected chi connectivity index (χ1v) is 9.87. The summed E-state index contributed by atoms with van der Waals surface area (Å²) in [5, 5.41) is 0. The number of hydrogen-bond acceptors (Lipinski definition) is 2. The minimum atomic E-state index is -0.557. The Hall–Kier alpha value is -2.14. The Morgan fingerprint density at radius 3 is 2.58 bits per heavy atom. The van der Waals surface area contributed by atoms with Crippen molar-refractivity contribution >= 4 is 33.4 Å². The topological polar surface area (TPSA) is 40.6 Å². The Balaban J connectivity index is 1.52. The van der Waals surface area contributed by atoms with Gasteiger partial charge in [0.05, 0.1) is 6.04 Å². The number of rotatable bonds is 3. The fourth-order valence-electron chi connectivity index (χ4n) is 4.06. The van der Waals surface area contributed by atoms with E-state index in [9.17, 15) is 9.59 Å². The number of amides is 2. The van der Waals surface area contributed by atoms with Crippen LogP contribution in [0.4, 0.5) is 5.69 Å². The van der Waals surface area contributed by atoms with Crippen LogP contribution >= 0.6 is 15.9 Å². The number of halogens is 1. The smallest absolute Gasteiger partial charge is 0.239 e. The summed E-state index contributed by atoms with van der Waals surface area (Å²) in [5.41, 5.74) is 2.01. The van der Waals surface area contributed by atoms with Gasteiger partial charge in [-0.15, -0.1) is 0 Å². The minimum Gasteiger partial charge on any atom is -0.335 e. The summed E-state index contributed by atoms with van der Waals surface area (Å²) in [6.07, 6.45) is 2.54. The molecule has 2 aliphatic heterocycles. The molecule has 0 bridgehead atoms. The molecule has 26 heavy (non-hydrogen) atoms. The van der Waals surface area contributed by atoms with Gasteiger partial charge in [-0.25, -0.2) is 0 Å². The van der Waals surface area contributed by atoms with Gasteiger partial charge in [-0.1, -0.05) is 52.3 Å². The largest absolute Gasteiger partial charge is 0.335 e. The third-order valence-corrected chi connectivity index (χ3v) is 5.84. The van der Waals surface area contributed by atoms with E-state index in [1.807, 2.05) is 47.4 Å². The molecule has 2 heterocycles. The molecule has 4 rings (SSSR count). The van der Waals surface area contributed by atoms with Crippen molar-refractivity contribution in [2.24, 2.45) is 5.92 Å². The van der Waals surface area contributed by atoms with Crippen molar-refractivity contribution in [1.82, 2.24) is 4.90 Å². The molecule has 4 nitrogen and oxygen atoms in total. The van der Waals surface area contributed by atoms with Gasteiger partial charge < -0.3 is 9.80 Å². The van der Waals surface area contributed by atoms with Gasteiger partial charge in [0.15, 0.2) is 0 Å². The molecule has 2 aromatic rings. The van der Waals surface area contributed by atoms with Gasteiger partial charge in [0, 0.05) is 23.2 Å². The van der Waals surface area contributed by atoms with E-state index >= 15 is 0 Å². The van der Waals surface area contributed by atoms with Gasteiger partial charge in [0.1, 0.15) is 5.92 Å². The lowest BCUT2D eigenvalue weighted by molar-refractivity contribution is -0.140. The van der Waals surface area contributed by atoms with Crippen molar-refractivity contribution < 1.29 is 9.59 Å². The van der Waals surface area contributed by atoms with Crippen molar-refractivity contribution in [3.05, 3.63) is 64.6 Å². The lowest BCUT2D eigenvalue weighted by Crippen LogP contribution is -2.39. The molecule has 2 fully saturated rings. The van der Waals surface area contributed by atoms with Gasteiger partial charge >= 0.3 is 0 Å². The number of nitrogens with zero attached hydrogens (tertiary/aromatic N) is 2. The van der Waals surface area contributed by atoms with Crippen molar-refractivity contribution in [2.45, 2.75) is 25.3 Å². The number of carbonyl (C=O) groups excluding carboxylic acids is 2. The first-order valence-electron chi connectivity index (χ1n) is 9.07. The van der Waals surface area contributed by atoms with E-state index in [0.717, 1.165) is 35.1 Å². The van der Waals surface area contributed by atoms with Crippen molar-refractivity contribution in [2.75, 3.05) is 18.0 Å². The van der Waals surface area contributed by atoms with Gasteiger partial charge in [0.2, 0.25) is 11.8 Å². The molecule has 0 aliphatic carbocycles. The van der Waals surface area contributed by atoms with E-state index in [4.69, 9.17) is 0 Å². The number of benzene rings is 2. The normalized spacial score (nSPS) is 22.9. The van der Waals surface area contributed by atoms with Gasteiger partial charge in [-0.05, 0) is 43.0 Å². The number of likely N-dealkylation sites (tertiary alicyclic amines) is 1. The predicted molar refractivity (Wildman–Crippen MR) is 105 cm³/mol. The highest BCUT2D eigenvalue weighted by Gasteiger charge is 2.42. The van der Waals surface area contributed by atoms with Crippen molar-refractivity contribution in [3.63, 3.8) is 0 Å². The van der Waals surface area contributed by atoms with E-state index < -0.39 is 5.92 Å². The second-order valence-electron chi connectivity index (χ2n) is 6.91. The van der Waals surface area contributed by atoms with Crippen LogP contribution in [0, 0.1) is 5.92 Å². The third-order valence-electron chi connectivity index (χ3n) is 5.34. The molecule has 2 aliphatic rings. The molecule has 0 radical (unpaired) electrons. The molecule has 0 saturated carbocycles. The van der Waals surface area contributed by atoms with Crippen LogP contribution in [0.1, 0.15) is 30.9 Å². The molecule has 0 aromatic heterocycles. The van der Waals surface area contributed by atoms with E-state index in [2.05, 4.69) is 28.1 Å². The van der Waals surface area contributed by atoms with Crippen LogP contribution in [0.5, 0.6) is 0 Å². The second kappa shape index (κ2) is 7.23. The number of hydrogen-bond donors (Lipinski definition) is 0. The third kappa shape index (κ3) is 3.16. The highest BCUT2D eigenvalue weighted by Crippen LogP contribution is 2.35. The molecule has 134 valence electrons. The van der Waals surface area contributed by atoms with Crippen LogP contribution in [0.3, 0.4) is 0 Å². The molecule has 0 spiro atoms. The molecule has 2 aromatic carbocycles. The summed E-state index contributed by atoms with van der Waals surface area (Å²) < 4.78 is 0.932. The van der Waals surface area contributed by atoms with E-state index in [1.54, 1.807) is 4.90 Å². The SMILES string of the molecule is O=C1[C@@H](C(=O)N2CCC[C@H]2c2ccccc2)CCN1c1cccc(Br)c1. The maximum Gasteiger partial charge on any atom is 0.239 e. The van der Waals surface area contributed by atoms with Gasteiger partial charge in [0.25, 0.3) is 0 Å². The highest BCUT2D eigenvalue weighted by atomic mass is 79.9. The number of carbonyl (C=O) groups is 2. The molecule has 2 atom stereocenters. The van der Waals surface area contributed by atoms with Crippen LogP contribution in [-0.2, 0) is 9.59 Å². The zero-order chi connectivity index (χ0) is 18.1. The summed E-state index contributed by atoms with van der Waals surface area (Å²) in [7, 11) is 0. The molecule has 0 N–H and O–H groups in total. The van der Waals surface area contributed by atoms with E-state index in [0.29, 0.717) is 13.0 Å². The summed E-state index contributed by atoms with van der Waals surface area (Å²) in [4.78, 5) is 29.7. The van der Waals surface area contributed by atoms with Crippen LogP contribution in [0.2, 0.25) is 0 Å². The second-order valence-corrected chi connectivity index (χ2v) is 7.83. The first kappa shape index (κ1) is 17.3. The zero-order valence-corrected chi connectivity index (χ0v) is 16.1. The average molecular weight is 413 g/mol. The lowest BCUT2D eigenvalue weighted by atomic mass is 10.0. The zero-order valence-electron chi connectivity index (χ0n) is 14.5. The summed E-state index contributed by atoms with van der Waals surface area (Å²) in [6.45, 7) is 1.33. The fourth-order valence-corrected chi connectivity index (χ4v) is 4.45. The standard InChI is InChI=1S/C21H21BrN2O2/c22-16-8-4-9-17(14-16)23-13-11-18(20(23)25)21(26)24-12-5-10-19(24)15-6-2-1-3-7-15/h1-4,6-9,14,18-19H,5,10-13H2/t18-,19-/m0/s1. The summed E-state index contributed by atoms with van der Waals surface area (Å²) >= 11 is 3.45.